The quantitative estimate of drug-likeness (QED) is 0.661. The van der Waals surface area contributed by atoms with Crippen LogP contribution in [0.5, 0.6) is 11.5 Å². The fourth-order valence-electron chi connectivity index (χ4n) is 2.07. The number of halogens is 1. The van der Waals surface area contributed by atoms with Gasteiger partial charge in [0.05, 0.1) is 11.3 Å². The number of carbonyl (C=O) groups excluding carboxylic acids is 1. The summed E-state index contributed by atoms with van der Waals surface area (Å²) >= 11 is 3.28. The van der Waals surface area contributed by atoms with Gasteiger partial charge in [-0.2, -0.15) is 5.10 Å². The van der Waals surface area contributed by atoms with Crippen LogP contribution in [0.25, 0.3) is 0 Å². The van der Waals surface area contributed by atoms with Crippen molar-refractivity contribution in [3.8, 4) is 11.5 Å². The second-order valence-corrected chi connectivity index (χ2v) is 5.80. The SMILES string of the molecule is CC(=NNC(=O)c1cncc(Br)c1)c1ccc2c(c1)OCCO2. The number of carbonyl (C=O) groups is 1. The Morgan fingerprint density at radius 3 is 2.74 bits per heavy atom. The maximum Gasteiger partial charge on any atom is 0.272 e. The van der Waals surface area contributed by atoms with E-state index >= 15 is 0 Å². The highest BCUT2D eigenvalue weighted by Crippen LogP contribution is 2.30. The van der Waals surface area contributed by atoms with Gasteiger partial charge in [-0.1, -0.05) is 0 Å². The van der Waals surface area contributed by atoms with E-state index in [9.17, 15) is 4.79 Å². The lowest BCUT2D eigenvalue weighted by Crippen LogP contribution is -2.20. The molecule has 118 valence electrons. The molecule has 1 aromatic carbocycles. The van der Waals surface area contributed by atoms with Crippen LogP contribution in [-0.4, -0.2) is 29.8 Å². The first-order chi connectivity index (χ1) is 11.1. The fourth-order valence-corrected chi connectivity index (χ4v) is 2.43. The number of amides is 1. The molecular weight excluding hydrogens is 362 g/mol. The minimum absolute atomic E-state index is 0.323. The molecule has 0 atom stereocenters. The van der Waals surface area contributed by atoms with Gasteiger partial charge in [0.25, 0.3) is 5.91 Å². The van der Waals surface area contributed by atoms with Crippen LogP contribution in [0.2, 0.25) is 0 Å². The molecule has 7 heteroatoms. The van der Waals surface area contributed by atoms with Crippen LogP contribution in [-0.2, 0) is 0 Å². The molecule has 0 saturated carbocycles. The molecule has 0 spiro atoms. The molecule has 3 rings (SSSR count). The highest BCUT2D eigenvalue weighted by atomic mass is 79.9. The zero-order valence-corrected chi connectivity index (χ0v) is 14.0. The summed E-state index contributed by atoms with van der Waals surface area (Å²) in [4.78, 5) is 16.0. The molecule has 0 aliphatic carbocycles. The van der Waals surface area contributed by atoms with E-state index in [1.54, 1.807) is 12.3 Å². The second kappa shape index (κ2) is 6.78. The van der Waals surface area contributed by atoms with E-state index in [4.69, 9.17) is 9.47 Å². The molecule has 1 N–H and O–H groups in total. The Balaban J connectivity index is 1.73. The van der Waals surface area contributed by atoms with Crippen LogP contribution < -0.4 is 14.9 Å². The summed E-state index contributed by atoms with van der Waals surface area (Å²) in [6, 6.07) is 7.24. The molecule has 0 radical (unpaired) electrons. The van der Waals surface area contributed by atoms with Gasteiger partial charge in [-0.3, -0.25) is 9.78 Å². The monoisotopic (exact) mass is 375 g/mol. The normalized spacial score (nSPS) is 13.6. The highest BCUT2D eigenvalue weighted by molar-refractivity contribution is 9.10. The molecule has 2 aromatic rings. The van der Waals surface area contributed by atoms with E-state index in [0.29, 0.717) is 30.2 Å². The third kappa shape index (κ3) is 3.68. The van der Waals surface area contributed by atoms with Crippen molar-refractivity contribution in [2.75, 3.05) is 13.2 Å². The van der Waals surface area contributed by atoms with Crippen molar-refractivity contribution in [3.63, 3.8) is 0 Å². The predicted octanol–water partition coefficient (Wildman–Crippen LogP) is 2.77. The molecule has 1 amide bonds. The molecule has 23 heavy (non-hydrogen) atoms. The number of aromatic nitrogens is 1. The highest BCUT2D eigenvalue weighted by Gasteiger charge is 2.13. The minimum atomic E-state index is -0.323. The number of benzene rings is 1. The number of ether oxygens (including phenoxy) is 2. The van der Waals surface area contributed by atoms with Crippen molar-refractivity contribution in [2.45, 2.75) is 6.92 Å². The minimum Gasteiger partial charge on any atom is -0.486 e. The summed E-state index contributed by atoms with van der Waals surface area (Å²) in [6.45, 7) is 2.89. The van der Waals surface area contributed by atoms with Crippen LogP contribution in [0.1, 0.15) is 22.8 Å². The van der Waals surface area contributed by atoms with Crippen molar-refractivity contribution in [2.24, 2.45) is 5.10 Å². The van der Waals surface area contributed by atoms with E-state index in [2.05, 4.69) is 31.4 Å². The van der Waals surface area contributed by atoms with Crippen molar-refractivity contribution in [1.29, 1.82) is 0 Å². The number of fused-ring (bicyclic) bond motifs is 1. The van der Waals surface area contributed by atoms with E-state index in [1.165, 1.54) is 6.20 Å². The Morgan fingerprint density at radius 2 is 1.96 bits per heavy atom. The second-order valence-electron chi connectivity index (χ2n) is 4.89. The summed E-state index contributed by atoms with van der Waals surface area (Å²) in [7, 11) is 0. The lowest BCUT2D eigenvalue weighted by molar-refractivity contribution is 0.0954. The Bertz CT molecular complexity index is 777. The first-order valence-corrected chi connectivity index (χ1v) is 7.78. The summed E-state index contributed by atoms with van der Waals surface area (Å²) in [5, 5.41) is 4.13. The third-order valence-electron chi connectivity index (χ3n) is 3.25. The van der Waals surface area contributed by atoms with E-state index in [1.807, 2.05) is 25.1 Å². The van der Waals surface area contributed by atoms with Crippen LogP contribution in [0.15, 0.2) is 46.2 Å². The molecule has 0 unspecified atom stereocenters. The van der Waals surface area contributed by atoms with Gasteiger partial charge in [-0.25, -0.2) is 5.43 Å². The molecule has 0 fully saturated rings. The van der Waals surface area contributed by atoms with Gasteiger partial charge in [0.1, 0.15) is 13.2 Å². The Labute approximate surface area is 141 Å². The average Bonchev–Trinajstić information content (AvgIpc) is 2.59. The first-order valence-electron chi connectivity index (χ1n) is 6.99. The Kier molecular flexibility index (Phi) is 4.57. The maximum atomic E-state index is 12.0. The Morgan fingerprint density at radius 1 is 1.17 bits per heavy atom. The van der Waals surface area contributed by atoms with Crippen LogP contribution >= 0.6 is 15.9 Å². The fraction of sp³-hybridized carbons (Fsp3) is 0.188. The molecule has 6 nitrogen and oxygen atoms in total. The van der Waals surface area contributed by atoms with Gasteiger partial charge in [0.15, 0.2) is 11.5 Å². The van der Waals surface area contributed by atoms with Gasteiger partial charge >= 0.3 is 0 Å². The van der Waals surface area contributed by atoms with E-state index in [-0.39, 0.29) is 5.91 Å². The summed E-state index contributed by atoms with van der Waals surface area (Å²) in [5.41, 5.74) is 4.46. The van der Waals surface area contributed by atoms with Gasteiger partial charge < -0.3 is 9.47 Å². The first kappa shape index (κ1) is 15.5. The number of nitrogens with zero attached hydrogens (tertiary/aromatic N) is 2. The van der Waals surface area contributed by atoms with Gasteiger partial charge in [0, 0.05) is 22.4 Å². The number of pyridine rings is 1. The topological polar surface area (TPSA) is 72.8 Å². The number of hydrogen-bond donors (Lipinski definition) is 1. The molecule has 1 aliphatic rings. The standard InChI is InChI=1S/C16H14BrN3O3/c1-10(11-2-3-14-15(7-11)23-5-4-22-14)19-20-16(21)12-6-13(17)9-18-8-12/h2-3,6-9H,4-5H2,1H3,(H,20,21). The van der Waals surface area contributed by atoms with Gasteiger partial charge in [-0.05, 0) is 47.1 Å². The van der Waals surface area contributed by atoms with Crippen molar-refractivity contribution in [3.05, 3.63) is 52.3 Å². The predicted molar refractivity (Wildman–Crippen MR) is 89.0 cm³/mol. The smallest absolute Gasteiger partial charge is 0.272 e. The summed E-state index contributed by atoms with van der Waals surface area (Å²) in [5.74, 6) is 1.08. The number of hydrazone groups is 1. The number of hydrogen-bond acceptors (Lipinski definition) is 5. The zero-order valence-electron chi connectivity index (χ0n) is 12.4. The maximum absolute atomic E-state index is 12.0. The summed E-state index contributed by atoms with van der Waals surface area (Å²) in [6.07, 6.45) is 3.09. The lowest BCUT2D eigenvalue weighted by Gasteiger charge is -2.18. The van der Waals surface area contributed by atoms with Crippen molar-refractivity contribution in [1.82, 2.24) is 10.4 Å². The van der Waals surface area contributed by atoms with Crippen LogP contribution in [0.4, 0.5) is 0 Å². The molecule has 2 heterocycles. The molecule has 0 saturated heterocycles. The number of nitrogens with one attached hydrogen (secondary N) is 1. The van der Waals surface area contributed by atoms with Gasteiger partial charge in [-0.15, -0.1) is 0 Å². The molecule has 1 aromatic heterocycles. The molecular formula is C16H14BrN3O3. The van der Waals surface area contributed by atoms with E-state index in [0.717, 1.165) is 15.8 Å². The average molecular weight is 376 g/mol. The zero-order chi connectivity index (χ0) is 16.2. The molecule has 0 bridgehead atoms. The summed E-state index contributed by atoms with van der Waals surface area (Å²) < 4.78 is 11.8. The third-order valence-corrected chi connectivity index (χ3v) is 3.69. The largest absolute Gasteiger partial charge is 0.486 e. The molecule has 1 aliphatic heterocycles. The van der Waals surface area contributed by atoms with Crippen molar-refractivity contribution >= 4 is 27.5 Å². The lowest BCUT2D eigenvalue weighted by atomic mass is 10.1. The van der Waals surface area contributed by atoms with Crippen LogP contribution in [0, 0.1) is 0 Å². The van der Waals surface area contributed by atoms with E-state index < -0.39 is 0 Å². The van der Waals surface area contributed by atoms with Crippen molar-refractivity contribution < 1.29 is 14.3 Å². The Hall–Kier alpha value is -2.41. The number of rotatable bonds is 3. The van der Waals surface area contributed by atoms with Crippen LogP contribution in [0.3, 0.4) is 0 Å². The van der Waals surface area contributed by atoms with Gasteiger partial charge in [0.2, 0.25) is 0 Å².